The van der Waals surface area contributed by atoms with Gasteiger partial charge in [-0.3, -0.25) is 4.79 Å². The molecule has 27 heavy (non-hydrogen) atoms. The number of likely N-dealkylation sites (tertiary alicyclic amines) is 1. The Bertz CT molecular complexity index is 742. The molecule has 1 aromatic rings. The summed E-state index contributed by atoms with van der Waals surface area (Å²) in [5.41, 5.74) is 0. The van der Waals surface area contributed by atoms with Crippen molar-refractivity contribution in [1.29, 1.82) is 0 Å². The van der Waals surface area contributed by atoms with Crippen LogP contribution in [-0.2, 0) is 14.8 Å². The van der Waals surface area contributed by atoms with Crippen LogP contribution in [0, 0.1) is 5.82 Å². The molecule has 0 atom stereocenters. The quantitative estimate of drug-likeness (QED) is 0.736. The lowest BCUT2D eigenvalue weighted by Crippen LogP contribution is -2.50. The van der Waals surface area contributed by atoms with Crippen LogP contribution in [-0.4, -0.2) is 74.2 Å². The lowest BCUT2D eigenvalue weighted by Gasteiger charge is -2.34. The van der Waals surface area contributed by atoms with Crippen LogP contribution in [0.5, 0.6) is 0 Å². The summed E-state index contributed by atoms with van der Waals surface area (Å²) < 4.78 is 39.9. The number of nitrogens with zero attached hydrogens (tertiary/aromatic N) is 3. The van der Waals surface area contributed by atoms with Crippen molar-refractivity contribution in [2.45, 2.75) is 37.0 Å². The number of carbonyl (C=O) groups is 1. The maximum atomic E-state index is 13.3. The van der Waals surface area contributed by atoms with Gasteiger partial charge in [-0.05, 0) is 57.1 Å². The minimum absolute atomic E-state index is 0.0381. The number of hydrogen-bond donors (Lipinski definition) is 0. The van der Waals surface area contributed by atoms with Crippen LogP contribution >= 0.6 is 0 Å². The third-order valence-corrected chi connectivity index (χ3v) is 7.23. The number of amides is 1. The molecule has 0 bridgehead atoms. The van der Waals surface area contributed by atoms with Gasteiger partial charge in [0.2, 0.25) is 15.9 Å². The van der Waals surface area contributed by atoms with E-state index in [2.05, 4.69) is 4.90 Å². The van der Waals surface area contributed by atoms with Gasteiger partial charge in [0.05, 0.1) is 4.90 Å². The van der Waals surface area contributed by atoms with Crippen molar-refractivity contribution in [3.05, 3.63) is 30.1 Å². The van der Waals surface area contributed by atoms with E-state index in [9.17, 15) is 17.6 Å². The second-order valence-electron chi connectivity index (χ2n) is 7.25. The Morgan fingerprint density at radius 1 is 1.00 bits per heavy atom. The molecule has 0 radical (unpaired) electrons. The molecule has 8 heteroatoms. The zero-order chi connectivity index (χ0) is 19.3. The van der Waals surface area contributed by atoms with E-state index in [0.717, 1.165) is 32.1 Å². The van der Waals surface area contributed by atoms with E-state index in [0.29, 0.717) is 19.5 Å². The maximum Gasteiger partial charge on any atom is 0.243 e. The molecular weight excluding hydrogens is 369 g/mol. The van der Waals surface area contributed by atoms with Gasteiger partial charge in [-0.2, -0.15) is 4.31 Å². The summed E-state index contributed by atoms with van der Waals surface area (Å²) in [7, 11) is -3.72. The molecule has 1 aromatic carbocycles. The molecule has 0 unspecified atom stereocenters. The van der Waals surface area contributed by atoms with Crippen molar-refractivity contribution in [3.63, 3.8) is 0 Å². The fourth-order valence-electron chi connectivity index (χ4n) is 3.75. The van der Waals surface area contributed by atoms with Crippen LogP contribution in [0.4, 0.5) is 4.39 Å². The smallest absolute Gasteiger partial charge is 0.243 e. The van der Waals surface area contributed by atoms with Gasteiger partial charge in [0.25, 0.3) is 0 Å². The van der Waals surface area contributed by atoms with Crippen molar-refractivity contribution in [2.24, 2.45) is 0 Å². The molecule has 0 N–H and O–H groups in total. The lowest BCUT2D eigenvalue weighted by molar-refractivity contribution is -0.132. The van der Waals surface area contributed by atoms with E-state index >= 15 is 0 Å². The normalized spacial score (nSPS) is 20.0. The van der Waals surface area contributed by atoms with Gasteiger partial charge in [0, 0.05) is 32.6 Å². The van der Waals surface area contributed by atoms with Crippen molar-refractivity contribution in [1.82, 2.24) is 14.1 Å². The first-order valence-electron chi connectivity index (χ1n) is 9.73. The summed E-state index contributed by atoms with van der Waals surface area (Å²) in [6, 6.07) is 5.05. The number of halogens is 1. The minimum atomic E-state index is -3.72. The molecule has 0 aliphatic carbocycles. The average Bonchev–Trinajstić information content (AvgIpc) is 2.69. The lowest BCUT2D eigenvalue weighted by atomic mass is 10.1. The summed E-state index contributed by atoms with van der Waals surface area (Å²) in [4.78, 5) is 16.5. The number of hydrogen-bond acceptors (Lipinski definition) is 4. The highest BCUT2D eigenvalue weighted by atomic mass is 32.2. The van der Waals surface area contributed by atoms with Crippen molar-refractivity contribution in [3.8, 4) is 0 Å². The fraction of sp³-hybridized carbons (Fsp3) is 0.632. The number of piperazine rings is 1. The number of carbonyl (C=O) groups excluding carboxylic acids is 1. The highest BCUT2D eigenvalue weighted by Crippen LogP contribution is 2.19. The molecule has 2 heterocycles. The number of benzene rings is 1. The van der Waals surface area contributed by atoms with Gasteiger partial charge in [-0.25, -0.2) is 12.8 Å². The highest BCUT2D eigenvalue weighted by molar-refractivity contribution is 7.89. The molecule has 0 aromatic heterocycles. The van der Waals surface area contributed by atoms with Gasteiger partial charge < -0.3 is 9.80 Å². The summed E-state index contributed by atoms with van der Waals surface area (Å²) in [6.07, 6.45) is 5.15. The summed E-state index contributed by atoms with van der Waals surface area (Å²) >= 11 is 0. The monoisotopic (exact) mass is 397 g/mol. The Labute approximate surface area is 161 Å². The largest absolute Gasteiger partial charge is 0.340 e. The fourth-order valence-corrected chi connectivity index (χ4v) is 5.20. The summed E-state index contributed by atoms with van der Waals surface area (Å²) in [5.74, 6) is -0.478. The molecule has 2 aliphatic heterocycles. The minimum Gasteiger partial charge on any atom is -0.340 e. The first kappa shape index (κ1) is 20.2. The third kappa shape index (κ3) is 5.27. The van der Waals surface area contributed by atoms with Gasteiger partial charge in [-0.1, -0.05) is 12.5 Å². The first-order chi connectivity index (χ1) is 13.0. The van der Waals surface area contributed by atoms with E-state index < -0.39 is 15.8 Å². The Balaban J connectivity index is 1.46. The molecular formula is C19H28FN3O3S. The predicted octanol–water partition coefficient (Wildman–Crippen LogP) is 1.92. The number of piperidine rings is 1. The van der Waals surface area contributed by atoms with E-state index in [4.69, 9.17) is 0 Å². The van der Waals surface area contributed by atoms with Gasteiger partial charge in [0.1, 0.15) is 5.82 Å². The van der Waals surface area contributed by atoms with E-state index in [1.54, 1.807) is 4.90 Å². The molecule has 150 valence electrons. The van der Waals surface area contributed by atoms with Crippen LogP contribution < -0.4 is 0 Å². The standard InChI is InChI=1S/C19H28FN3O3S/c20-17-6-4-7-18(16-17)27(25,26)23-14-12-22(13-15-23)19(24)8-5-11-21-9-2-1-3-10-21/h4,6-7,16H,1-3,5,8-15H2. The first-order valence-corrected chi connectivity index (χ1v) is 11.2. The summed E-state index contributed by atoms with van der Waals surface area (Å²) in [5, 5.41) is 0. The van der Waals surface area contributed by atoms with Crippen molar-refractivity contribution in [2.75, 3.05) is 45.8 Å². The summed E-state index contributed by atoms with van der Waals surface area (Å²) in [6.45, 7) is 4.48. The Kier molecular flexibility index (Phi) is 6.83. The Morgan fingerprint density at radius 2 is 1.70 bits per heavy atom. The second-order valence-corrected chi connectivity index (χ2v) is 9.19. The molecule has 6 nitrogen and oxygen atoms in total. The predicted molar refractivity (Wildman–Crippen MR) is 101 cm³/mol. The second kappa shape index (κ2) is 9.12. The topological polar surface area (TPSA) is 60.9 Å². The molecule has 0 saturated carbocycles. The van der Waals surface area contributed by atoms with Crippen LogP contribution in [0.2, 0.25) is 0 Å². The molecule has 2 fully saturated rings. The molecule has 2 saturated heterocycles. The molecule has 2 aliphatic rings. The highest BCUT2D eigenvalue weighted by Gasteiger charge is 2.30. The van der Waals surface area contributed by atoms with Crippen LogP contribution in [0.15, 0.2) is 29.2 Å². The SMILES string of the molecule is O=C(CCCN1CCCCC1)N1CCN(S(=O)(=O)c2cccc(F)c2)CC1. The average molecular weight is 398 g/mol. The maximum absolute atomic E-state index is 13.3. The van der Waals surface area contributed by atoms with E-state index in [1.807, 2.05) is 0 Å². The van der Waals surface area contributed by atoms with Gasteiger partial charge >= 0.3 is 0 Å². The number of sulfonamides is 1. The van der Waals surface area contributed by atoms with Crippen LogP contribution in [0.25, 0.3) is 0 Å². The van der Waals surface area contributed by atoms with Crippen LogP contribution in [0.1, 0.15) is 32.1 Å². The Hall–Kier alpha value is -1.51. The third-order valence-electron chi connectivity index (χ3n) is 5.34. The molecule has 3 rings (SSSR count). The van der Waals surface area contributed by atoms with Gasteiger partial charge in [0.15, 0.2) is 0 Å². The van der Waals surface area contributed by atoms with E-state index in [1.165, 1.54) is 41.8 Å². The number of rotatable bonds is 6. The molecule has 1 amide bonds. The van der Waals surface area contributed by atoms with Crippen molar-refractivity contribution < 1.29 is 17.6 Å². The zero-order valence-electron chi connectivity index (χ0n) is 15.6. The Morgan fingerprint density at radius 3 is 2.37 bits per heavy atom. The zero-order valence-corrected chi connectivity index (χ0v) is 16.5. The van der Waals surface area contributed by atoms with E-state index in [-0.39, 0.29) is 23.9 Å². The molecule has 0 spiro atoms. The van der Waals surface area contributed by atoms with Crippen molar-refractivity contribution >= 4 is 15.9 Å². The van der Waals surface area contributed by atoms with Gasteiger partial charge in [-0.15, -0.1) is 0 Å². The van der Waals surface area contributed by atoms with Crippen LogP contribution in [0.3, 0.4) is 0 Å².